The van der Waals surface area contributed by atoms with Gasteiger partial charge in [-0.15, -0.1) is 10.2 Å². The molecular formula is C18H25N5O2. The van der Waals surface area contributed by atoms with Crippen molar-refractivity contribution in [3.8, 4) is 0 Å². The number of carbonyl (C=O) groups excluding carboxylic acids is 1. The highest BCUT2D eigenvalue weighted by atomic mass is 16.5. The van der Waals surface area contributed by atoms with E-state index in [0.29, 0.717) is 18.8 Å². The molecule has 1 saturated heterocycles. The van der Waals surface area contributed by atoms with E-state index < -0.39 is 0 Å². The highest BCUT2D eigenvalue weighted by Crippen LogP contribution is 2.55. The summed E-state index contributed by atoms with van der Waals surface area (Å²) in [6.45, 7) is 5.45. The molecule has 1 aliphatic carbocycles. The summed E-state index contributed by atoms with van der Waals surface area (Å²) < 4.78 is 7.20. The Kier molecular flexibility index (Phi) is 3.89. The molecule has 0 aromatic carbocycles. The average Bonchev–Trinajstić information content (AvgIpc) is 3.22. The Morgan fingerprint density at radius 1 is 1.40 bits per heavy atom. The maximum atomic E-state index is 12.8. The van der Waals surface area contributed by atoms with E-state index in [9.17, 15) is 4.79 Å². The van der Waals surface area contributed by atoms with Gasteiger partial charge in [-0.1, -0.05) is 11.6 Å². The lowest BCUT2D eigenvalue weighted by Crippen LogP contribution is -2.38. The molecule has 0 bridgehead atoms. The fourth-order valence-electron chi connectivity index (χ4n) is 4.51. The van der Waals surface area contributed by atoms with Crippen LogP contribution in [0.5, 0.6) is 0 Å². The molecule has 1 unspecified atom stereocenters. The summed E-state index contributed by atoms with van der Waals surface area (Å²) in [7, 11) is 1.99. The molecule has 7 heteroatoms. The van der Waals surface area contributed by atoms with Crippen molar-refractivity contribution in [2.75, 3.05) is 13.1 Å². The Labute approximate surface area is 147 Å². The van der Waals surface area contributed by atoms with E-state index in [4.69, 9.17) is 4.52 Å². The summed E-state index contributed by atoms with van der Waals surface area (Å²) in [4.78, 5) is 14.9. The largest absolute Gasteiger partial charge is 0.361 e. The van der Waals surface area contributed by atoms with E-state index in [1.165, 1.54) is 19.3 Å². The van der Waals surface area contributed by atoms with E-state index in [0.717, 1.165) is 35.9 Å². The van der Waals surface area contributed by atoms with Gasteiger partial charge >= 0.3 is 0 Å². The van der Waals surface area contributed by atoms with Gasteiger partial charge in [0, 0.05) is 38.0 Å². The van der Waals surface area contributed by atoms with Crippen molar-refractivity contribution < 1.29 is 9.32 Å². The van der Waals surface area contributed by atoms with Crippen LogP contribution in [0.2, 0.25) is 0 Å². The third-order valence-electron chi connectivity index (χ3n) is 6.18. The van der Waals surface area contributed by atoms with E-state index in [-0.39, 0.29) is 11.3 Å². The summed E-state index contributed by atoms with van der Waals surface area (Å²) in [5, 5.41) is 12.3. The van der Waals surface area contributed by atoms with Crippen molar-refractivity contribution in [2.24, 2.45) is 12.5 Å². The van der Waals surface area contributed by atoms with Crippen molar-refractivity contribution in [2.45, 2.75) is 51.9 Å². The van der Waals surface area contributed by atoms with E-state index >= 15 is 0 Å². The van der Waals surface area contributed by atoms with Crippen LogP contribution in [0.15, 0.2) is 10.9 Å². The van der Waals surface area contributed by atoms with Gasteiger partial charge in [0.2, 0.25) is 5.91 Å². The molecule has 2 fully saturated rings. The lowest BCUT2D eigenvalue weighted by molar-refractivity contribution is -0.130. The van der Waals surface area contributed by atoms with E-state index in [1.54, 1.807) is 6.33 Å². The molecule has 2 aromatic heterocycles. The molecule has 1 saturated carbocycles. The standard InChI is InChI=1S/C18H25N5O2/c1-12-14(13(2)25-21-12)5-6-16(24)23-9-15(17-20-19-11-22(17)3)18(10-23)7-4-8-18/h11,15H,4-10H2,1-3H3. The summed E-state index contributed by atoms with van der Waals surface area (Å²) in [6.07, 6.45) is 6.55. The van der Waals surface area contributed by atoms with Gasteiger partial charge < -0.3 is 14.0 Å². The fourth-order valence-corrected chi connectivity index (χ4v) is 4.51. The minimum absolute atomic E-state index is 0.208. The molecular weight excluding hydrogens is 318 g/mol. The lowest BCUT2D eigenvalue weighted by atomic mass is 9.62. The number of hydrogen-bond acceptors (Lipinski definition) is 5. The minimum Gasteiger partial charge on any atom is -0.361 e. The molecule has 1 atom stereocenters. The maximum Gasteiger partial charge on any atom is 0.222 e. The number of nitrogens with zero attached hydrogens (tertiary/aromatic N) is 5. The number of likely N-dealkylation sites (tertiary alicyclic amines) is 1. The molecule has 4 rings (SSSR count). The Morgan fingerprint density at radius 3 is 2.76 bits per heavy atom. The van der Waals surface area contributed by atoms with Gasteiger partial charge in [-0.3, -0.25) is 4.79 Å². The Bertz CT molecular complexity index is 770. The summed E-state index contributed by atoms with van der Waals surface area (Å²) in [5.41, 5.74) is 2.16. The van der Waals surface area contributed by atoms with Gasteiger partial charge in [-0.05, 0) is 38.5 Å². The van der Waals surface area contributed by atoms with Crippen LogP contribution < -0.4 is 0 Å². The number of carbonyl (C=O) groups is 1. The van der Waals surface area contributed by atoms with Gasteiger partial charge in [-0.2, -0.15) is 0 Å². The third-order valence-corrected chi connectivity index (χ3v) is 6.18. The maximum absolute atomic E-state index is 12.8. The minimum atomic E-state index is 0.208. The summed E-state index contributed by atoms with van der Waals surface area (Å²) in [6, 6.07) is 0. The quantitative estimate of drug-likeness (QED) is 0.850. The van der Waals surface area contributed by atoms with Crippen molar-refractivity contribution >= 4 is 5.91 Å². The molecule has 0 radical (unpaired) electrons. The fraction of sp³-hybridized carbons (Fsp3) is 0.667. The second-order valence-electron chi connectivity index (χ2n) is 7.65. The van der Waals surface area contributed by atoms with Crippen LogP contribution in [0.25, 0.3) is 0 Å². The van der Waals surface area contributed by atoms with Gasteiger partial charge in [0.15, 0.2) is 0 Å². The highest BCUT2D eigenvalue weighted by Gasteiger charge is 2.53. The second kappa shape index (κ2) is 5.97. The van der Waals surface area contributed by atoms with Gasteiger partial charge in [0.1, 0.15) is 17.9 Å². The van der Waals surface area contributed by atoms with E-state index in [2.05, 4.69) is 15.4 Å². The molecule has 0 N–H and O–H groups in total. The molecule has 25 heavy (non-hydrogen) atoms. The highest BCUT2D eigenvalue weighted by molar-refractivity contribution is 5.77. The second-order valence-corrected chi connectivity index (χ2v) is 7.65. The van der Waals surface area contributed by atoms with Gasteiger partial charge in [-0.25, -0.2) is 0 Å². The average molecular weight is 343 g/mol. The first-order chi connectivity index (χ1) is 12.0. The predicted octanol–water partition coefficient (Wildman–Crippen LogP) is 2.15. The topological polar surface area (TPSA) is 77.1 Å². The SMILES string of the molecule is Cc1noc(C)c1CCC(=O)N1CC(c2nncn2C)C2(CCC2)C1. The number of aromatic nitrogens is 4. The first-order valence-electron chi connectivity index (χ1n) is 9.03. The molecule has 7 nitrogen and oxygen atoms in total. The molecule has 2 aliphatic rings. The van der Waals surface area contributed by atoms with Crippen LogP contribution >= 0.6 is 0 Å². The molecule has 134 valence electrons. The van der Waals surface area contributed by atoms with Crippen LogP contribution in [-0.4, -0.2) is 43.8 Å². The van der Waals surface area contributed by atoms with Crippen molar-refractivity contribution in [3.63, 3.8) is 0 Å². The van der Waals surface area contributed by atoms with Crippen LogP contribution in [0.1, 0.15) is 54.4 Å². The first kappa shape index (κ1) is 16.3. The zero-order chi connectivity index (χ0) is 17.6. The lowest BCUT2D eigenvalue weighted by Gasteiger charge is -2.42. The molecule has 2 aromatic rings. The number of aryl methyl sites for hydroxylation is 3. The molecule has 1 spiro atoms. The molecule has 3 heterocycles. The smallest absolute Gasteiger partial charge is 0.222 e. The Hall–Kier alpha value is -2.18. The third kappa shape index (κ3) is 2.65. The van der Waals surface area contributed by atoms with Gasteiger partial charge in [0.25, 0.3) is 0 Å². The predicted molar refractivity (Wildman–Crippen MR) is 90.9 cm³/mol. The van der Waals surface area contributed by atoms with Crippen molar-refractivity contribution in [3.05, 3.63) is 29.2 Å². The Balaban J connectivity index is 1.46. The van der Waals surface area contributed by atoms with Crippen LogP contribution in [0.3, 0.4) is 0 Å². The number of hydrogen-bond donors (Lipinski definition) is 0. The number of rotatable bonds is 4. The van der Waals surface area contributed by atoms with Crippen molar-refractivity contribution in [1.29, 1.82) is 0 Å². The van der Waals surface area contributed by atoms with Crippen molar-refractivity contribution in [1.82, 2.24) is 24.8 Å². The van der Waals surface area contributed by atoms with Crippen LogP contribution in [0.4, 0.5) is 0 Å². The Morgan fingerprint density at radius 2 is 2.20 bits per heavy atom. The molecule has 1 aliphatic heterocycles. The zero-order valence-corrected chi connectivity index (χ0v) is 15.2. The van der Waals surface area contributed by atoms with Crippen LogP contribution in [-0.2, 0) is 18.3 Å². The summed E-state index contributed by atoms with van der Waals surface area (Å²) >= 11 is 0. The number of amides is 1. The van der Waals surface area contributed by atoms with Gasteiger partial charge in [0.05, 0.1) is 5.69 Å². The summed E-state index contributed by atoms with van der Waals surface area (Å²) in [5.74, 6) is 2.35. The monoisotopic (exact) mass is 343 g/mol. The van der Waals surface area contributed by atoms with Crippen LogP contribution in [0, 0.1) is 19.3 Å². The zero-order valence-electron chi connectivity index (χ0n) is 15.2. The first-order valence-corrected chi connectivity index (χ1v) is 9.03. The normalized spacial score (nSPS) is 21.7. The molecule has 1 amide bonds. The van der Waals surface area contributed by atoms with E-state index in [1.807, 2.05) is 30.4 Å².